The van der Waals surface area contributed by atoms with Gasteiger partial charge in [-0.3, -0.25) is 0 Å². The quantitative estimate of drug-likeness (QED) is 0.913. The number of nitriles is 1. The number of hydrogen-bond acceptors (Lipinski definition) is 5. The molecule has 1 aromatic heterocycles. The summed E-state index contributed by atoms with van der Waals surface area (Å²) in [6.45, 7) is 2.95. The summed E-state index contributed by atoms with van der Waals surface area (Å²) in [6, 6.07) is 10.3. The molecule has 5 nitrogen and oxygen atoms in total. The Bertz CT molecular complexity index is 689. The van der Waals surface area contributed by atoms with Gasteiger partial charge in [0.2, 0.25) is 0 Å². The van der Waals surface area contributed by atoms with Crippen LogP contribution in [0.2, 0.25) is 0 Å². The first-order valence-corrected chi connectivity index (χ1v) is 7.40. The largest absolute Gasteiger partial charge is 0.364 e. The summed E-state index contributed by atoms with van der Waals surface area (Å²) in [5, 5.41) is 18.7. The first-order valence-electron chi connectivity index (χ1n) is 7.40. The number of hydrogen-bond donors (Lipinski definition) is 1. The van der Waals surface area contributed by atoms with E-state index in [0.717, 1.165) is 36.0 Å². The SMILES string of the molecule is CC(N)C1CCCCN1c1c(C#N)nnc2ccccc12. The normalized spacial score (nSPS) is 20.2. The molecule has 1 aliphatic rings. The van der Waals surface area contributed by atoms with Gasteiger partial charge in [0.25, 0.3) is 0 Å². The molecule has 2 N–H and O–H groups in total. The minimum Gasteiger partial charge on any atom is -0.364 e. The summed E-state index contributed by atoms with van der Waals surface area (Å²) < 4.78 is 0. The zero-order valence-electron chi connectivity index (χ0n) is 12.2. The van der Waals surface area contributed by atoms with E-state index in [4.69, 9.17) is 5.73 Å². The van der Waals surface area contributed by atoms with Crippen molar-refractivity contribution in [3.05, 3.63) is 30.0 Å². The maximum atomic E-state index is 9.42. The summed E-state index contributed by atoms with van der Waals surface area (Å²) >= 11 is 0. The molecule has 2 unspecified atom stereocenters. The lowest BCUT2D eigenvalue weighted by molar-refractivity contribution is 0.414. The smallest absolute Gasteiger partial charge is 0.187 e. The molecule has 21 heavy (non-hydrogen) atoms. The van der Waals surface area contributed by atoms with Crippen molar-refractivity contribution in [1.29, 1.82) is 5.26 Å². The Balaban J connectivity index is 2.19. The van der Waals surface area contributed by atoms with Gasteiger partial charge in [-0.25, -0.2) is 0 Å². The molecule has 2 atom stereocenters. The molecule has 2 heterocycles. The van der Waals surface area contributed by atoms with E-state index in [1.54, 1.807) is 0 Å². The van der Waals surface area contributed by atoms with E-state index in [1.807, 2.05) is 31.2 Å². The first-order chi connectivity index (χ1) is 10.2. The molecule has 1 fully saturated rings. The second-order valence-electron chi connectivity index (χ2n) is 5.64. The average Bonchev–Trinajstić information content (AvgIpc) is 2.53. The third kappa shape index (κ3) is 2.43. The van der Waals surface area contributed by atoms with Gasteiger partial charge in [0, 0.05) is 24.0 Å². The molecule has 3 rings (SSSR count). The Labute approximate surface area is 124 Å². The van der Waals surface area contributed by atoms with E-state index in [1.165, 1.54) is 6.42 Å². The Morgan fingerprint density at radius 3 is 2.90 bits per heavy atom. The van der Waals surface area contributed by atoms with E-state index in [-0.39, 0.29) is 12.1 Å². The van der Waals surface area contributed by atoms with Crippen LogP contribution in [0.5, 0.6) is 0 Å². The number of fused-ring (bicyclic) bond motifs is 1. The number of aromatic nitrogens is 2. The van der Waals surface area contributed by atoms with E-state index in [9.17, 15) is 5.26 Å². The van der Waals surface area contributed by atoms with Gasteiger partial charge in [0.1, 0.15) is 6.07 Å². The van der Waals surface area contributed by atoms with Crippen molar-refractivity contribution in [2.45, 2.75) is 38.3 Å². The second kappa shape index (κ2) is 5.66. The van der Waals surface area contributed by atoms with Crippen molar-refractivity contribution in [2.75, 3.05) is 11.4 Å². The fourth-order valence-corrected chi connectivity index (χ4v) is 3.19. The summed E-state index contributed by atoms with van der Waals surface area (Å²) in [5.74, 6) is 0. The van der Waals surface area contributed by atoms with Crippen LogP contribution in [0.15, 0.2) is 24.3 Å². The van der Waals surface area contributed by atoms with Crippen molar-refractivity contribution in [3.8, 4) is 6.07 Å². The van der Waals surface area contributed by atoms with Crippen LogP contribution in [0.3, 0.4) is 0 Å². The van der Waals surface area contributed by atoms with Gasteiger partial charge in [0.05, 0.1) is 11.2 Å². The van der Waals surface area contributed by atoms with Crippen LogP contribution in [-0.2, 0) is 0 Å². The average molecular weight is 281 g/mol. The van der Waals surface area contributed by atoms with Crippen molar-refractivity contribution in [3.63, 3.8) is 0 Å². The fourth-order valence-electron chi connectivity index (χ4n) is 3.19. The van der Waals surface area contributed by atoms with Crippen LogP contribution in [0.4, 0.5) is 5.69 Å². The van der Waals surface area contributed by atoms with Crippen LogP contribution >= 0.6 is 0 Å². The third-order valence-electron chi connectivity index (χ3n) is 4.19. The molecule has 108 valence electrons. The molecule has 1 aromatic carbocycles. The topological polar surface area (TPSA) is 78.8 Å². The Morgan fingerprint density at radius 2 is 2.14 bits per heavy atom. The van der Waals surface area contributed by atoms with Crippen LogP contribution in [0, 0.1) is 11.3 Å². The Hall–Kier alpha value is -2.19. The van der Waals surface area contributed by atoms with Crippen molar-refractivity contribution in [1.82, 2.24) is 10.2 Å². The number of benzene rings is 1. The van der Waals surface area contributed by atoms with Gasteiger partial charge in [-0.1, -0.05) is 18.2 Å². The Kier molecular flexibility index (Phi) is 3.72. The molecule has 5 heteroatoms. The van der Waals surface area contributed by atoms with Crippen molar-refractivity contribution in [2.24, 2.45) is 5.73 Å². The standard InChI is InChI=1S/C16H19N5/c1-11(18)15-8-4-5-9-21(15)16-12-6-2-3-7-13(12)19-20-14(16)10-17/h2-3,6-7,11,15H,4-5,8-9,18H2,1H3. The predicted octanol–water partition coefficient (Wildman–Crippen LogP) is 2.21. The van der Waals surface area contributed by atoms with Gasteiger partial charge < -0.3 is 10.6 Å². The zero-order valence-corrected chi connectivity index (χ0v) is 12.2. The second-order valence-corrected chi connectivity index (χ2v) is 5.64. The van der Waals surface area contributed by atoms with Gasteiger partial charge in [-0.15, -0.1) is 10.2 Å². The number of nitrogens with two attached hydrogens (primary N) is 1. The minimum absolute atomic E-state index is 0.0590. The minimum atomic E-state index is 0.0590. The third-order valence-corrected chi connectivity index (χ3v) is 4.19. The highest BCUT2D eigenvalue weighted by atomic mass is 15.2. The van der Waals surface area contributed by atoms with Gasteiger partial charge in [-0.2, -0.15) is 5.26 Å². The lowest BCUT2D eigenvalue weighted by Crippen LogP contribution is -2.49. The van der Waals surface area contributed by atoms with E-state index < -0.39 is 0 Å². The summed E-state index contributed by atoms with van der Waals surface area (Å²) in [4.78, 5) is 2.27. The maximum absolute atomic E-state index is 9.42. The summed E-state index contributed by atoms with van der Waals surface area (Å²) in [6.07, 6.45) is 3.35. The molecular weight excluding hydrogens is 262 g/mol. The highest BCUT2D eigenvalue weighted by molar-refractivity contribution is 5.93. The summed E-state index contributed by atoms with van der Waals surface area (Å²) in [5.41, 5.74) is 8.27. The van der Waals surface area contributed by atoms with E-state index in [2.05, 4.69) is 21.2 Å². The Morgan fingerprint density at radius 1 is 1.33 bits per heavy atom. The summed E-state index contributed by atoms with van der Waals surface area (Å²) in [7, 11) is 0. The number of nitrogens with zero attached hydrogens (tertiary/aromatic N) is 4. The van der Waals surface area contributed by atoms with Crippen LogP contribution in [0.1, 0.15) is 31.9 Å². The monoisotopic (exact) mass is 281 g/mol. The van der Waals surface area contributed by atoms with E-state index >= 15 is 0 Å². The highest BCUT2D eigenvalue weighted by Gasteiger charge is 2.29. The number of anilines is 1. The molecule has 0 aliphatic carbocycles. The van der Waals surface area contributed by atoms with Gasteiger partial charge in [-0.05, 0) is 32.3 Å². The lowest BCUT2D eigenvalue weighted by atomic mass is 9.95. The van der Waals surface area contributed by atoms with Crippen molar-refractivity contribution >= 4 is 16.6 Å². The molecule has 0 amide bonds. The number of rotatable bonds is 2. The van der Waals surface area contributed by atoms with Crippen LogP contribution in [-0.4, -0.2) is 28.8 Å². The van der Waals surface area contributed by atoms with Gasteiger partial charge in [0.15, 0.2) is 5.69 Å². The van der Waals surface area contributed by atoms with Crippen LogP contribution in [0.25, 0.3) is 10.9 Å². The maximum Gasteiger partial charge on any atom is 0.187 e. The molecule has 2 aromatic rings. The molecule has 0 spiro atoms. The van der Waals surface area contributed by atoms with Crippen LogP contribution < -0.4 is 10.6 Å². The first kappa shape index (κ1) is 13.8. The molecule has 0 radical (unpaired) electrons. The molecular formula is C16H19N5. The molecule has 0 saturated carbocycles. The van der Waals surface area contributed by atoms with E-state index in [0.29, 0.717) is 5.69 Å². The zero-order chi connectivity index (χ0) is 14.8. The van der Waals surface area contributed by atoms with Crippen molar-refractivity contribution < 1.29 is 0 Å². The number of piperidine rings is 1. The van der Waals surface area contributed by atoms with Gasteiger partial charge >= 0.3 is 0 Å². The lowest BCUT2D eigenvalue weighted by Gasteiger charge is -2.40. The molecule has 0 bridgehead atoms. The fraction of sp³-hybridized carbons (Fsp3) is 0.438. The predicted molar refractivity (Wildman–Crippen MR) is 82.9 cm³/mol. The molecule has 1 aliphatic heterocycles. The molecule has 1 saturated heterocycles. The highest BCUT2D eigenvalue weighted by Crippen LogP contribution is 2.33.